The van der Waals surface area contributed by atoms with E-state index in [1.165, 1.54) is 24.3 Å². The van der Waals surface area contributed by atoms with E-state index in [1.807, 2.05) is 6.92 Å². The number of halogens is 2. The Kier molecular flexibility index (Phi) is 4.94. The first-order valence-corrected chi connectivity index (χ1v) is 9.66. The van der Waals surface area contributed by atoms with Gasteiger partial charge in [-0.2, -0.15) is 8.42 Å². The molecule has 128 valence electrons. The zero-order valence-corrected chi connectivity index (χ0v) is 15.4. The molecule has 0 saturated heterocycles. The molecular weight excluding hydrogens is 399 g/mol. The predicted octanol–water partition coefficient (Wildman–Crippen LogP) is 4.00. The van der Waals surface area contributed by atoms with Crippen molar-refractivity contribution in [2.75, 3.05) is 6.61 Å². The summed E-state index contributed by atoms with van der Waals surface area (Å²) in [4.78, 5) is 0.118. The van der Waals surface area contributed by atoms with E-state index in [4.69, 9.17) is 8.92 Å². The molecule has 4 nitrogen and oxygen atoms in total. The fourth-order valence-electron chi connectivity index (χ4n) is 2.53. The Bertz CT molecular complexity index is 850. The predicted molar refractivity (Wildman–Crippen MR) is 91.2 cm³/mol. The summed E-state index contributed by atoms with van der Waals surface area (Å²) in [5.74, 6) is 0.213. The highest BCUT2D eigenvalue weighted by Crippen LogP contribution is 2.36. The first-order chi connectivity index (χ1) is 11.3. The maximum absolute atomic E-state index is 13.4. The minimum absolute atomic E-state index is 0.0839. The van der Waals surface area contributed by atoms with Gasteiger partial charge >= 0.3 is 0 Å². The molecule has 1 aliphatic heterocycles. The van der Waals surface area contributed by atoms with Gasteiger partial charge in [-0.1, -0.05) is 17.7 Å². The lowest BCUT2D eigenvalue weighted by atomic mass is 10.0. The van der Waals surface area contributed by atoms with Gasteiger partial charge in [0.1, 0.15) is 24.3 Å². The van der Waals surface area contributed by atoms with Gasteiger partial charge in [-0.15, -0.1) is 0 Å². The van der Waals surface area contributed by atoms with Gasteiger partial charge in [0.05, 0.1) is 9.37 Å². The van der Waals surface area contributed by atoms with Crippen LogP contribution in [0.15, 0.2) is 45.8 Å². The smallest absolute Gasteiger partial charge is 0.297 e. The molecule has 0 N–H and O–H groups in total. The molecule has 1 unspecified atom stereocenters. The summed E-state index contributed by atoms with van der Waals surface area (Å²) in [7, 11) is -3.82. The molecular formula is C17H16BrFO4S. The molecule has 1 atom stereocenters. The largest absolute Gasteiger partial charge is 0.486 e. The Morgan fingerprint density at radius 1 is 1.29 bits per heavy atom. The Balaban J connectivity index is 1.68. The summed E-state index contributed by atoms with van der Waals surface area (Å²) >= 11 is 3.27. The van der Waals surface area contributed by atoms with Gasteiger partial charge in [0.25, 0.3) is 10.1 Å². The number of fused-ring (bicyclic) bond motifs is 1. The highest BCUT2D eigenvalue weighted by atomic mass is 79.9. The standard InChI is InChI=1S/C17H16BrFO4S/c1-11-2-6-15(7-3-11)24(20,21)22-10-14-5-4-12-8-13(19)9-16(18)17(12)23-14/h2-3,6-9,14H,4-5,10H2,1H3. The van der Waals surface area contributed by atoms with Crippen molar-refractivity contribution in [1.29, 1.82) is 0 Å². The van der Waals surface area contributed by atoms with Crippen LogP contribution in [0.1, 0.15) is 17.5 Å². The molecule has 0 fully saturated rings. The number of ether oxygens (including phenoxy) is 1. The SMILES string of the molecule is Cc1ccc(S(=O)(=O)OCC2CCc3cc(F)cc(Br)c3O2)cc1. The van der Waals surface area contributed by atoms with E-state index < -0.39 is 16.2 Å². The van der Waals surface area contributed by atoms with Gasteiger partial charge in [-0.05, 0) is 65.5 Å². The van der Waals surface area contributed by atoms with E-state index in [9.17, 15) is 12.8 Å². The van der Waals surface area contributed by atoms with Crippen LogP contribution in [0, 0.1) is 12.7 Å². The first kappa shape index (κ1) is 17.4. The molecule has 0 radical (unpaired) electrons. The molecule has 1 heterocycles. The number of aryl methyl sites for hydroxylation is 2. The molecule has 2 aromatic rings. The molecule has 0 bridgehead atoms. The van der Waals surface area contributed by atoms with Crippen molar-refractivity contribution in [3.05, 3.63) is 57.8 Å². The molecule has 7 heteroatoms. The number of hydrogen-bond acceptors (Lipinski definition) is 4. The number of rotatable bonds is 4. The summed E-state index contributed by atoms with van der Waals surface area (Å²) in [5, 5.41) is 0. The summed E-state index contributed by atoms with van der Waals surface area (Å²) in [6.07, 6.45) is 0.760. The third kappa shape index (κ3) is 3.79. The van der Waals surface area contributed by atoms with E-state index in [-0.39, 0.29) is 17.3 Å². The maximum Gasteiger partial charge on any atom is 0.297 e. The molecule has 0 saturated carbocycles. The lowest BCUT2D eigenvalue weighted by Crippen LogP contribution is -2.29. The fraction of sp³-hybridized carbons (Fsp3) is 0.294. The zero-order valence-electron chi connectivity index (χ0n) is 13.0. The minimum atomic E-state index is -3.82. The van der Waals surface area contributed by atoms with Crippen molar-refractivity contribution in [1.82, 2.24) is 0 Å². The number of hydrogen-bond donors (Lipinski definition) is 0. The lowest BCUT2D eigenvalue weighted by molar-refractivity contribution is 0.111. The zero-order chi connectivity index (χ0) is 17.3. The van der Waals surface area contributed by atoms with Crippen molar-refractivity contribution in [2.45, 2.75) is 30.8 Å². The van der Waals surface area contributed by atoms with Crippen LogP contribution in [-0.4, -0.2) is 21.1 Å². The van der Waals surface area contributed by atoms with E-state index >= 15 is 0 Å². The van der Waals surface area contributed by atoms with E-state index in [2.05, 4.69) is 15.9 Å². The van der Waals surface area contributed by atoms with Gasteiger partial charge < -0.3 is 4.74 Å². The van der Waals surface area contributed by atoms with Crippen molar-refractivity contribution in [2.24, 2.45) is 0 Å². The average Bonchev–Trinajstić information content (AvgIpc) is 2.53. The monoisotopic (exact) mass is 414 g/mol. The third-order valence-electron chi connectivity index (χ3n) is 3.82. The quantitative estimate of drug-likeness (QED) is 0.709. The van der Waals surface area contributed by atoms with Crippen LogP contribution in [0.2, 0.25) is 0 Å². The van der Waals surface area contributed by atoms with Crippen molar-refractivity contribution in [3.8, 4) is 5.75 Å². The third-order valence-corrected chi connectivity index (χ3v) is 5.71. The molecule has 0 spiro atoms. The van der Waals surface area contributed by atoms with Gasteiger partial charge in [-0.3, -0.25) is 4.18 Å². The normalized spacial score (nSPS) is 17.2. The average molecular weight is 415 g/mol. The van der Waals surface area contributed by atoms with Gasteiger partial charge in [0, 0.05) is 0 Å². The molecule has 2 aromatic carbocycles. The van der Waals surface area contributed by atoms with Crippen LogP contribution in [0.4, 0.5) is 4.39 Å². The topological polar surface area (TPSA) is 52.6 Å². The minimum Gasteiger partial charge on any atom is -0.486 e. The van der Waals surface area contributed by atoms with Gasteiger partial charge in [-0.25, -0.2) is 4.39 Å². The Labute approximate surface area is 148 Å². The summed E-state index contributed by atoms with van der Waals surface area (Å²) < 4.78 is 49.2. The van der Waals surface area contributed by atoms with Gasteiger partial charge in [0.15, 0.2) is 0 Å². The molecule has 24 heavy (non-hydrogen) atoms. The van der Waals surface area contributed by atoms with Gasteiger partial charge in [0.2, 0.25) is 0 Å². The van der Waals surface area contributed by atoms with E-state index in [0.717, 1.165) is 11.1 Å². The van der Waals surface area contributed by atoms with Crippen molar-refractivity contribution >= 4 is 26.0 Å². The molecule has 1 aliphatic rings. The lowest BCUT2D eigenvalue weighted by Gasteiger charge is -2.26. The van der Waals surface area contributed by atoms with Crippen molar-refractivity contribution < 1.29 is 21.7 Å². The Hall–Kier alpha value is -1.44. The molecule has 3 rings (SSSR count). The highest BCUT2D eigenvalue weighted by Gasteiger charge is 2.25. The Morgan fingerprint density at radius 2 is 2.00 bits per heavy atom. The second-order valence-electron chi connectivity index (χ2n) is 5.71. The fourth-order valence-corrected chi connectivity index (χ4v) is 4.03. The maximum atomic E-state index is 13.4. The van der Waals surface area contributed by atoms with E-state index in [1.54, 1.807) is 12.1 Å². The van der Waals surface area contributed by atoms with Crippen LogP contribution in [0.25, 0.3) is 0 Å². The van der Waals surface area contributed by atoms with Crippen LogP contribution in [0.5, 0.6) is 5.75 Å². The first-order valence-electron chi connectivity index (χ1n) is 7.46. The summed E-state index contributed by atoms with van der Waals surface area (Å²) in [6, 6.07) is 9.22. The van der Waals surface area contributed by atoms with Crippen LogP contribution < -0.4 is 4.74 Å². The summed E-state index contributed by atoms with van der Waals surface area (Å²) in [5.41, 5.74) is 1.73. The summed E-state index contributed by atoms with van der Waals surface area (Å²) in [6.45, 7) is 1.80. The molecule has 0 amide bonds. The molecule has 0 aromatic heterocycles. The highest BCUT2D eigenvalue weighted by molar-refractivity contribution is 9.10. The number of benzene rings is 2. The van der Waals surface area contributed by atoms with E-state index in [0.29, 0.717) is 23.1 Å². The van der Waals surface area contributed by atoms with Crippen LogP contribution >= 0.6 is 15.9 Å². The second-order valence-corrected chi connectivity index (χ2v) is 8.18. The Morgan fingerprint density at radius 3 is 2.71 bits per heavy atom. The van der Waals surface area contributed by atoms with Crippen LogP contribution in [-0.2, 0) is 20.7 Å². The second kappa shape index (κ2) is 6.82. The molecule has 0 aliphatic carbocycles. The van der Waals surface area contributed by atoms with Crippen molar-refractivity contribution in [3.63, 3.8) is 0 Å². The van der Waals surface area contributed by atoms with Crippen LogP contribution in [0.3, 0.4) is 0 Å².